The second kappa shape index (κ2) is 7.50. The Labute approximate surface area is 164 Å². The average Bonchev–Trinajstić information content (AvgIpc) is 3.15. The van der Waals surface area contributed by atoms with Gasteiger partial charge in [0.1, 0.15) is 0 Å². The second-order valence-corrected chi connectivity index (χ2v) is 9.94. The summed E-state index contributed by atoms with van der Waals surface area (Å²) >= 11 is 0. The molecule has 1 aromatic carbocycles. The van der Waals surface area contributed by atoms with Crippen LogP contribution in [0.4, 0.5) is 0 Å². The van der Waals surface area contributed by atoms with Crippen LogP contribution in [-0.4, -0.2) is 48.3 Å². The Morgan fingerprint density at radius 2 is 1.48 bits per heavy atom. The van der Waals surface area contributed by atoms with Crippen LogP contribution in [0.5, 0.6) is 0 Å². The fourth-order valence-corrected chi connectivity index (χ4v) is 6.51. The highest BCUT2D eigenvalue weighted by molar-refractivity contribution is 5.34. The smallest absolute Gasteiger partial charge is 0.0540 e. The van der Waals surface area contributed by atoms with Crippen LogP contribution in [0.3, 0.4) is 0 Å². The van der Waals surface area contributed by atoms with Crippen LogP contribution in [0.1, 0.15) is 80.8 Å². The number of aliphatic hydroxyl groups excluding tert-OH is 1. The van der Waals surface area contributed by atoms with Crippen molar-refractivity contribution in [2.75, 3.05) is 26.2 Å². The molecule has 2 aliphatic carbocycles. The molecule has 5 rings (SSSR count). The van der Waals surface area contributed by atoms with Gasteiger partial charge < -0.3 is 15.3 Å². The van der Waals surface area contributed by atoms with E-state index in [1.807, 2.05) is 0 Å². The number of rotatable bonds is 3. The normalized spacial score (nSPS) is 34.6. The lowest BCUT2D eigenvalue weighted by atomic mass is 9.76. The van der Waals surface area contributed by atoms with Crippen molar-refractivity contribution in [3.05, 3.63) is 35.4 Å². The lowest BCUT2D eigenvalue weighted by Gasteiger charge is -2.42. The van der Waals surface area contributed by atoms with Gasteiger partial charge in [-0.1, -0.05) is 24.3 Å². The summed E-state index contributed by atoms with van der Waals surface area (Å²) in [5, 5.41) is 13.4. The van der Waals surface area contributed by atoms with E-state index in [1.54, 1.807) is 11.1 Å². The van der Waals surface area contributed by atoms with Crippen molar-refractivity contribution in [3.63, 3.8) is 0 Å². The topological polar surface area (TPSA) is 35.5 Å². The van der Waals surface area contributed by atoms with Gasteiger partial charge in [-0.05, 0) is 99.3 Å². The molecular formula is C24H36N2O. The van der Waals surface area contributed by atoms with Crippen molar-refractivity contribution < 1.29 is 5.11 Å². The zero-order valence-corrected chi connectivity index (χ0v) is 16.7. The lowest BCUT2D eigenvalue weighted by Crippen LogP contribution is -2.52. The van der Waals surface area contributed by atoms with E-state index in [0.29, 0.717) is 11.3 Å². The zero-order chi connectivity index (χ0) is 18.3. The molecule has 4 fully saturated rings. The molecule has 2 heterocycles. The number of hydrogen-bond donors (Lipinski definition) is 2. The lowest BCUT2D eigenvalue weighted by molar-refractivity contribution is 0.118. The number of hydrogen-bond acceptors (Lipinski definition) is 3. The number of nitrogens with one attached hydrogen (secondary N) is 1. The van der Waals surface area contributed by atoms with E-state index >= 15 is 0 Å². The van der Waals surface area contributed by atoms with Crippen LogP contribution >= 0.6 is 0 Å². The Balaban J connectivity index is 1.22. The standard InChI is InChI=1S/C24H36N2O/c27-21-7-5-18(6-8-21)22-3-1-2-4-23(22)19-10-13-26(14-11-19)20-9-12-24(15-20)16-25-17-24/h1-4,18-21,25,27H,5-17H2. The van der Waals surface area contributed by atoms with Crippen LogP contribution in [0.2, 0.25) is 0 Å². The van der Waals surface area contributed by atoms with Crippen molar-refractivity contribution >= 4 is 0 Å². The Hall–Kier alpha value is -0.900. The van der Waals surface area contributed by atoms with Gasteiger partial charge in [0.2, 0.25) is 0 Å². The van der Waals surface area contributed by atoms with Gasteiger partial charge in [0, 0.05) is 19.1 Å². The molecule has 0 bridgehead atoms. The molecule has 2 N–H and O–H groups in total. The molecule has 1 spiro atoms. The number of aliphatic hydroxyl groups is 1. The summed E-state index contributed by atoms with van der Waals surface area (Å²) in [6.45, 7) is 5.11. The van der Waals surface area contributed by atoms with E-state index in [4.69, 9.17) is 0 Å². The third-order valence-electron chi connectivity index (χ3n) is 8.29. The molecule has 3 nitrogen and oxygen atoms in total. The summed E-state index contributed by atoms with van der Waals surface area (Å²) in [4.78, 5) is 2.82. The predicted octanol–water partition coefficient (Wildman–Crippen LogP) is 4.03. The largest absolute Gasteiger partial charge is 0.393 e. The van der Waals surface area contributed by atoms with Crippen molar-refractivity contribution in [3.8, 4) is 0 Å². The molecular weight excluding hydrogens is 332 g/mol. The van der Waals surface area contributed by atoms with Gasteiger partial charge in [0.05, 0.1) is 6.10 Å². The maximum atomic E-state index is 9.87. The molecule has 2 aliphatic heterocycles. The van der Waals surface area contributed by atoms with Gasteiger partial charge in [0.25, 0.3) is 0 Å². The summed E-state index contributed by atoms with van der Waals surface area (Å²) < 4.78 is 0. The quantitative estimate of drug-likeness (QED) is 0.846. The van der Waals surface area contributed by atoms with Crippen LogP contribution in [0.25, 0.3) is 0 Å². The molecule has 0 radical (unpaired) electrons. The number of likely N-dealkylation sites (tertiary alicyclic amines) is 1. The van der Waals surface area contributed by atoms with Gasteiger partial charge in [-0.3, -0.25) is 0 Å². The van der Waals surface area contributed by atoms with Crippen molar-refractivity contribution in [1.82, 2.24) is 10.2 Å². The van der Waals surface area contributed by atoms with Crippen molar-refractivity contribution in [2.24, 2.45) is 5.41 Å². The first kappa shape index (κ1) is 18.1. The second-order valence-electron chi connectivity index (χ2n) is 9.94. The van der Waals surface area contributed by atoms with Crippen molar-refractivity contribution in [2.45, 2.75) is 81.8 Å². The minimum atomic E-state index is -0.0581. The number of nitrogens with zero attached hydrogens (tertiary/aromatic N) is 1. The number of benzene rings is 1. The van der Waals surface area contributed by atoms with Crippen molar-refractivity contribution in [1.29, 1.82) is 0 Å². The Kier molecular flexibility index (Phi) is 5.04. The van der Waals surface area contributed by atoms with Crippen LogP contribution in [0.15, 0.2) is 24.3 Å². The molecule has 3 heteroatoms. The summed E-state index contributed by atoms with van der Waals surface area (Å²) in [7, 11) is 0. The van der Waals surface area contributed by atoms with E-state index in [-0.39, 0.29) is 6.10 Å². The fourth-order valence-electron chi connectivity index (χ4n) is 6.51. The van der Waals surface area contributed by atoms with E-state index in [1.165, 1.54) is 58.3 Å². The highest BCUT2D eigenvalue weighted by Crippen LogP contribution is 2.45. The van der Waals surface area contributed by atoms with E-state index in [0.717, 1.165) is 37.6 Å². The molecule has 0 aromatic heterocycles. The molecule has 1 atom stereocenters. The molecule has 27 heavy (non-hydrogen) atoms. The highest BCUT2D eigenvalue weighted by atomic mass is 16.3. The average molecular weight is 369 g/mol. The predicted molar refractivity (Wildman–Crippen MR) is 110 cm³/mol. The first-order chi connectivity index (χ1) is 13.2. The highest BCUT2D eigenvalue weighted by Gasteiger charge is 2.45. The summed E-state index contributed by atoms with van der Waals surface area (Å²) in [6, 6.07) is 10.1. The molecule has 4 aliphatic rings. The first-order valence-electron chi connectivity index (χ1n) is 11.4. The van der Waals surface area contributed by atoms with E-state index < -0.39 is 0 Å². The molecule has 2 saturated carbocycles. The molecule has 1 aromatic rings. The van der Waals surface area contributed by atoms with Gasteiger partial charge in [-0.2, -0.15) is 0 Å². The maximum absolute atomic E-state index is 9.87. The minimum absolute atomic E-state index is 0.0581. The maximum Gasteiger partial charge on any atom is 0.0540 e. The molecule has 1 unspecified atom stereocenters. The molecule has 2 saturated heterocycles. The summed E-state index contributed by atoms with van der Waals surface area (Å²) in [5.41, 5.74) is 3.90. The molecule has 148 valence electrons. The Morgan fingerprint density at radius 1 is 0.852 bits per heavy atom. The third-order valence-corrected chi connectivity index (χ3v) is 8.29. The minimum Gasteiger partial charge on any atom is -0.393 e. The van der Waals surface area contributed by atoms with E-state index in [9.17, 15) is 5.11 Å². The fraction of sp³-hybridized carbons (Fsp3) is 0.750. The van der Waals surface area contributed by atoms with Crippen LogP contribution < -0.4 is 5.32 Å². The Morgan fingerprint density at radius 3 is 2.04 bits per heavy atom. The van der Waals surface area contributed by atoms with E-state index in [2.05, 4.69) is 34.5 Å². The third kappa shape index (κ3) is 3.59. The van der Waals surface area contributed by atoms with Gasteiger partial charge >= 0.3 is 0 Å². The summed E-state index contributed by atoms with van der Waals surface area (Å²) in [6.07, 6.45) is 11.2. The Bertz CT molecular complexity index is 640. The SMILES string of the molecule is OC1CCC(c2ccccc2C2CCN(C3CCC4(CNC4)C3)CC2)CC1. The number of piperidine rings is 1. The summed E-state index contributed by atoms with van der Waals surface area (Å²) in [5.74, 6) is 1.41. The monoisotopic (exact) mass is 368 g/mol. The first-order valence-corrected chi connectivity index (χ1v) is 11.4. The van der Waals surface area contributed by atoms with Gasteiger partial charge in [-0.25, -0.2) is 0 Å². The van der Waals surface area contributed by atoms with Gasteiger partial charge in [-0.15, -0.1) is 0 Å². The van der Waals surface area contributed by atoms with Gasteiger partial charge in [0.15, 0.2) is 0 Å². The van der Waals surface area contributed by atoms with Crippen LogP contribution in [-0.2, 0) is 0 Å². The molecule has 0 amide bonds. The van der Waals surface area contributed by atoms with Crippen LogP contribution in [0, 0.1) is 5.41 Å². The zero-order valence-electron chi connectivity index (χ0n) is 16.7.